The Morgan fingerprint density at radius 1 is 1.21 bits per heavy atom. The van der Waals surface area contributed by atoms with Crippen molar-refractivity contribution in [3.63, 3.8) is 0 Å². The minimum absolute atomic E-state index is 0.247. The van der Waals surface area contributed by atoms with E-state index in [1.807, 2.05) is 25.0 Å². The van der Waals surface area contributed by atoms with Crippen LogP contribution < -0.4 is 10.2 Å². The molecule has 1 saturated heterocycles. The van der Waals surface area contributed by atoms with Crippen molar-refractivity contribution >= 4 is 11.6 Å². The van der Waals surface area contributed by atoms with E-state index in [1.54, 1.807) is 0 Å². The fourth-order valence-corrected chi connectivity index (χ4v) is 3.97. The number of benzene rings is 1. The second kappa shape index (κ2) is 9.31. The monoisotopic (exact) mass is 397 g/mol. The van der Waals surface area contributed by atoms with Crippen molar-refractivity contribution in [2.45, 2.75) is 19.9 Å². The van der Waals surface area contributed by atoms with E-state index in [9.17, 15) is 0 Å². The third-order valence-corrected chi connectivity index (χ3v) is 5.89. The Morgan fingerprint density at radius 2 is 1.93 bits per heavy atom. The number of aromatic nitrogens is 2. The Morgan fingerprint density at radius 3 is 2.52 bits per heavy atom. The van der Waals surface area contributed by atoms with Crippen LogP contribution in [-0.4, -0.2) is 79.4 Å². The number of nitrogens with one attached hydrogen (secondary N) is 1. The van der Waals surface area contributed by atoms with Gasteiger partial charge in [-0.25, -0.2) is 0 Å². The van der Waals surface area contributed by atoms with E-state index in [1.165, 1.54) is 22.4 Å². The molecule has 1 N–H and O–H groups in total. The molecule has 158 valence electrons. The minimum atomic E-state index is 0.247. The molecular formula is C22H35N7. The molecule has 7 heteroatoms. The van der Waals surface area contributed by atoms with E-state index < -0.39 is 0 Å². The van der Waals surface area contributed by atoms with Gasteiger partial charge in [-0.2, -0.15) is 5.10 Å². The van der Waals surface area contributed by atoms with E-state index in [-0.39, 0.29) is 6.04 Å². The summed E-state index contributed by atoms with van der Waals surface area (Å²) in [4.78, 5) is 11.6. The molecule has 1 atom stereocenters. The highest BCUT2D eigenvalue weighted by molar-refractivity contribution is 5.80. The summed E-state index contributed by atoms with van der Waals surface area (Å²) in [6.45, 7) is 9.14. The predicted octanol–water partition coefficient (Wildman–Crippen LogP) is 2.04. The Bertz CT molecular complexity index is 831. The zero-order valence-corrected chi connectivity index (χ0v) is 18.7. The van der Waals surface area contributed by atoms with Crippen LogP contribution in [0.5, 0.6) is 0 Å². The van der Waals surface area contributed by atoms with Crippen LogP contribution in [0.1, 0.15) is 22.7 Å². The summed E-state index contributed by atoms with van der Waals surface area (Å²) in [5.41, 5.74) is 5.30. The van der Waals surface area contributed by atoms with Gasteiger partial charge in [-0.3, -0.25) is 9.67 Å². The SMILES string of the molecule is CN=C(NCC(c1cnn(C)c1)N(C)C)N1CCN(c2cccc(C)c2C)CC1. The van der Waals surface area contributed by atoms with Crippen molar-refractivity contribution < 1.29 is 0 Å². The first-order valence-electron chi connectivity index (χ1n) is 10.3. The summed E-state index contributed by atoms with van der Waals surface area (Å²) < 4.78 is 1.85. The highest BCUT2D eigenvalue weighted by Gasteiger charge is 2.22. The number of nitrogens with zero attached hydrogens (tertiary/aromatic N) is 6. The lowest BCUT2D eigenvalue weighted by molar-refractivity contribution is 0.292. The molecule has 29 heavy (non-hydrogen) atoms. The van der Waals surface area contributed by atoms with Crippen LogP contribution in [0, 0.1) is 13.8 Å². The molecule has 0 amide bonds. The number of piperazine rings is 1. The highest BCUT2D eigenvalue weighted by atomic mass is 15.4. The summed E-state index contributed by atoms with van der Waals surface area (Å²) in [5.74, 6) is 0.973. The molecule has 7 nitrogen and oxygen atoms in total. The van der Waals surface area contributed by atoms with Crippen LogP contribution in [0.15, 0.2) is 35.6 Å². The van der Waals surface area contributed by atoms with Crippen LogP contribution >= 0.6 is 0 Å². The lowest BCUT2D eigenvalue weighted by atomic mass is 10.1. The van der Waals surface area contributed by atoms with Gasteiger partial charge in [0.1, 0.15) is 0 Å². The Balaban J connectivity index is 1.59. The molecule has 3 rings (SSSR count). The van der Waals surface area contributed by atoms with Crippen LogP contribution in [0.4, 0.5) is 5.69 Å². The molecule has 1 aromatic carbocycles. The molecule has 0 spiro atoms. The topological polar surface area (TPSA) is 51.9 Å². The standard InChI is InChI=1S/C22H35N7/c1-17-8-7-9-20(18(17)2)28-10-12-29(13-11-28)22(23-3)24-15-21(26(4)5)19-14-25-27(6)16-19/h7-9,14,16,21H,10-13,15H2,1-6H3,(H,23,24). The van der Waals surface area contributed by atoms with Crippen molar-refractivity contribution in [2.24, 2.45) is 12.0 Å². The van der Waals surface area contributed by atoms with E-state index in [0.29, 0.717) is 0 Å². The number of rotatable bonds is 5. The summed E-state index contributed by atoms with van der Waals surface area (Å²) in [6, 6.07) is 6.83. The summed E-state index contributed by atoms with van der Waals surface area (Å²) in [7, 11) is 8.03. The normalized spacial score (nSPS) is 16.4. The molecule has 1 aromatic heterocycles. The van der Waals surface area contributed by atoms with E-state index in [4.69, 9.17) is 0 Å². The van der Waals surface area contributed by atoms with Gasteiger partial charge in [0.2, 0.25) is 0 Å². The van der Waals surface area contributed by atoms with E-state index in [2.05, 4.69) is 82.4 Å². The molecule has 2 aromatic rings. The average molecular weight is 398 g/mol. The number of guanidine groups is 1. The average Bonchev–Trinajstić information content (AvgIpc) is 3.13. The maximum absolute atomic E-state index is 4.54. The van der Waals surface area contributed by atoms with Gasteiger partial charge < -0.3 is 20.0 Å². The number of likely N-dealkylation sites (N-methyl/N-ethyl adjacent to an activating group) is 1. The van der Waals surface area contributed by atoms with E-state index in [0.717, 1.165) is 38.7 Å². The maximum atomic E-state index is 4.54. The number of hydrogen-bond donors (Lipinski definition) is 1. The Labute approximate surface area is 175 Å². The highest BCUT2D eigenvalue weighted by Crippen LogP contribution is 2.24. The third-order valence-electron chi connectivity index (χ3n) is 5.89. The smallest absolute Gasteiger partial charge is 0.193 e. The van der Waals surface area contributed by atoms with Crippen molar-refractivity contribution in [3.05, 3.63) is 47.3 Å². The Kier molecular flexibility index (Phi) is 6.79. The second-order valence-corrected chi connectivity index (χ2v) is 8.05. The lowest BCUT2D eigenvalue weighted by Crippen LogP contribution is -2.53. The summed E-state index contributed by atoms with van der Waals surface area (Å²) in [6.07, 6.45) is 4.02. The first-order valence-corrected chi connectivity index (χ1v) is 10.3. The van der Waals surface area contributed by atoms with Crippen molar-refractivity contribution in [2.75, 3.05) is 58.8 Å². The molecule has 0 radical (unpaired) electrons. The predicted molar refractivity (Wildman–Crippen MR) is 121 cm³/mol. The summed E-state index contributed by atoms with van der Waals surface area (Å²) >= 11 is 0. The fraction of sp³-hybridized carbons (Fsp3) is 0.545. The van der Waals surface area contributed by atoms with Crippen molar-refractivity contribution in [3.8, 4) is 0 Å². The first kappa shape index (κ1) is 21.2. The van der Waals surface area contributed by atoms with Gasteiger partial charge in [0.25, 0.3) is 0 Å². The van der Waals surface area contributed by atoms with Gasteiger partial charge in [0, 0.05) is 64.3 Å². The van der Waals surface area contributed by atoms with Crippen molar-refractivity contribution in [1.82, 2.24) is 24.9 Å². The third kappa shape index (κ3) is 4.90. The Hall–Kier alpha value is -2.54. The molecule has 1 unspecified atom stereocenters. The molecule has 2 heterocycles. The number of aliphatic imine (C=N–C) groups is 1. The van der Waals surface area contributed by atoms with Gasteiger partial charge in [0.15, 0.2) is 5.96 Å². The van der Waals surface area contributed by atoms with Crippen LogP contribution in [-0.2, 0) is 7.05 Å². The minimum Gasteiger partial charge on any atom is -0.368 e. The quantitative estimate of drug-likeness (QED) is 0.618. The number of anilines is 1. The largest absolute Gasteiger partial charge is 0.368 e. The van der Waals surface area contributed by atoms with Gasteiger partial charge >= 0.3 is 0 Å². The fourth-order valence-electron chi connectivity index (χ4n) is 3.97. The zero-order valence-electron chi connectivity index (χ0n) is 18.7. The van der Waals surface area contributed by atoms with Gasteiger partial charge in [-0.15, -0.1) is 0 Å². The van der Waals surface area contributed by atoms with Crippen LogP contribution in [0.3, 0.4) is 0 Å². The lowest BCUT2D eigenvalue weighted by Gasteiger charge is -2.39. The molecule has 1 aliphatic heterocycles. The summed E-state index contributed by atoms with van der Waals surface area (Å²) in [5, 5.41) is 7.91. The number of hydrogen-bond acceptors (Lipinski definition) is 4. The van der Waals surface area contributed by atoms with E-state index >= 15 is 0 Å². The zero-order chi connectivity index (χ0) is 21.0. The van der Waals surface area contributed by atoms with Gasteiger partial charge in [0.05, 0.1) is 12.2 Å². The van der Waals surface area contributed by atoms with Gasteiger partial charge in [-0.05, 0) is 45.1 Å². The molecule has 1 fully saturated rings. The first-order chi connectivity index (χ1) is 13.9. The number of aryl methyl sites for hydroxylation is 2. The molecule has 0 aliphatic carbocycles. The van der Waals surface area contributed by atoms with Crippen molar-refractivity contribution in [1.29, 1.82) is 0 Å². The van der Waals surface area contributed by atoms with Gasteiger partial charge in [-0.1, -0.05) is 12.1 Å². The second-order valence-electron chi connectivity index (χ2n) is 8.05. The maximum Gasteiger partial charge on any atom is 0.193 e. The molecule has 0 bridgehead atoms. The van der Waals surface area contributed by atoms with Crippen LogP contribution in [0.25, 0.3) is 0 Å². The van der Waals surface area contributed by atoms with Crippen LogP contribution in [0.2, 0.25) is 0 Å². The molecule has 1 aliphatic rings. The molecule has 0 saturated carbocycles. The molecular weight excluding hydrogens is 362 g/mol.